The van der Waals surface area contributed by atoms with Crippen LogP contribution in [0.1, 0.15) is 66.7 Å². The Balaban J connectivity index is 2.46. The van der Waals surface area contributed by atoms with Crippen molar-refractivity contribution in [2.24, 2.45) is 11.3 Å². The Kier molecular flexibility index (Phi) is 6.51. The van der Waals surface area contributed by atoms with Gasteiger partial charge in [0.05, 0.1) is 13.0 Å². The van der Waals surface area contributed by atoms with Gasteiger partial charge < -0.3 is 4.74 Å². The van der Waals surface area contributed by atoms with Gasteiger partial charge >= 0.3 is 5.97 Å². The third-order valence-corrected chi connectivity index (χ3v) is 4.16. The van der Waals surface area contributed by atoms with Gasteiger partial charge in [-0.25, -0.2) is 0 Å². The van der Waals surface area contributed by atoms with Gasteiger partial charge in [0.2, 0.25) is 0 Å². The number of hydrogen-bond acceptors (Lipinski definition) is 2. The van der Waals surface area contributed by atoms with Crippen molar-refractivity contribution in [1.29, 1.82) is 0 Å². The summed E-state index contributed by atoms with van der Waals surface area (Å²) in [6, 6.07) is 0. The van der Waals surface area contributed by atoms with Crippen molar-refractivity contribution in [3.8, 4) is 0 Å². The Bertz CT molecular complexity index is 388. The molecule has 0 N–H and O–H groups in total. The van der Waals surface area contributed by atoms with Gasteiger partial charge in [-0.1, -0.05) is 44.1 Å². The highest BCUT2D eigenvalue weighted by Crippen LogP contribution is 2.44. The fourth-order valence-corrected chi connectivity index (χ4v) is 3.59. The van der Waals surface area contributed by atoms with Gasteiger partial charge in [-0.3, -0.25) is 4.79 Å². The highest BCUT2D eigenvalue weighted by Gasteiger charge is 2.30. The minimum atomic E-state index is -0.133. The molecule has 0 fully saturated rings. The number of esters is 1. The summed E-state index contributed by atoms with van der Waals surface area (Å²) in [5.74, 6) is 0.666. The van der Waals surface area contributed by atoms with Crippen molar-refractivity contribution in [3.63, 3.8) is 0 Å². The molecule has 0 aromatic heterocycles. The van der Waals surface area contributed by atoms with Crippen LogP contribution in [-0.2, 0) is 9.53 Å². The van der Waals surface area contributed by atoms with E-state index < -0.39 is 0 Å². The molecular formula is C18H30O2. The van der Waals surface area contributed by atoms with E-state index >= 15 is 0 Å². The third-order valence-electron chi connectivity index (χ3n) is 4.16. The lowest BCUT2D eigenvalue weighted by atomic mass is 9.68. The summed E-state index contributed by atoms with van der Waals surface area (Å²) in [6.45, 7) is 11.7. The molecule has 2 heteroatoms. The van der Waals surface area contributed by atoms with Gasteiger partial charge in [0, 0.05) is 0 Å². The standard InChI is InChI=1S/C18H30O2/c1-6-20-17(19)11-9-7-8-10-16-15(3)12-14(2)13-18(16,4)5/h7,9,14H,6,8,10-13H2,1-5H3/t14-/m0/s1. The molecule has 0 aliphatic heterocycles. The van der Waals surface area contributed by atoms with Gasteiger partial charge in [0.25, 0.3) is 0 Å². The molecule has 0 heterocycles. The minimum Gasteiger partial charge on any atom is -0.466 e. The topological polar surface area (TPSA) is 26.3 Å². The smallest absolute Gasteiger partial charge is 0.309 e. The summed E-state index contributed by atoms with van der Waals surface area (Å²) in [7, 11) is 0. The first-order chi connectivity index (χ1) is 9.36. The molecule has 0 spiro atoms. The monoisotopic (exact) mass is 278 g/mol. The Labute approximate surface area is 124 Å². The lowest BCUT2D eigenvalue weighted by Crippen LogP contribution is -2.24. The summed E-state index contributed by atoms with van der Waals surface area (Å²) >= 11 is 0. The average molecular weight is 278 g/mol. The first kappa shape index (κ1) is 17.0. The maximum atomic E-state index is 11.2. The van der Waals surface area contributed by atoms with E-state index in [4.69, 9.17) is 4.74 Å². The summed E-state index contributed by atoms with van der Waals surface area (Å²) in [4.78, 5) is 11.2. The van der Waals surface area contributed by atoms with Gasteiger partial charge in [0.1, 0.15) is 0 Å². The lowest BCUT2D eigenvalue weighted by Gasteiger charge is -2.38. The molecule has 1 aliphatic rings. The molecule has 1 atom stereocenters. The van der Waals surface area contributed by atoms with E-state index in [1.54, 1.807) is 11.1 Å². The van der Waals surface area contributed by atoms with Gasteiger partial charge in [-0.2, -0.15) is 0 Å². The molecule has 0 amide bonds. The first-order valence-electron chi connectivity index (χ1n) is 7.86. The molecule has 0 aromatic carbocycles. The minimum absolute atomic E-state index is 0.133. The Hall–Kier alpha value is -1.05. The molecular weight excluding hydrogens is 248 g/mol. The Morgan fingerprint density at radius 3 is 2.70 bits per heavy atom. The van der Waals surface area contributed by atoms with Gasteiger partial charge in [0.15, 0.2) is 0 Å². The van der Waals surface area contributed by atoms with E-state index in [0.29, 0.717) is 18.4 Å². The molecule has 0 unspecified atom stereocenters. The molecule has 1 aliphatic carbocycles. The first-order valence-corrected chi connectivity index (χ1v) is 7.86. The zero-order valence-corrected chi connectivity index (χ0v) is 13.8. The van der Waals surface area contributed by atoms with E-state index in [1.165, 1.54) is 12.8 Å². The summed E-state index contributed by atoms with van der Waals surface area (Å²) in [6.07, 6.45) is 9.11. The van der Waals surface area contributed by atoms with E-state index in [0.717, 1.165) is 18.8 Å². The van der Waals surface area contributed by atoms with Crippen molar-refractivity contribution in [2.75, 3.05) is 6.61 Å². The number of rotatable bonds is 6. The van der Waals surface area contributed by atoms with E-state index in [9.17, 15) is 4.79 Å². The molecule has 0 bridgehead atoms. The predicted molar refractivity (Wildman–Crippen MR) is 84.5 cm³/mol. The SMILES string of the molecule is CCOC(=O)CC=CCCC1=C(C)C[C@H](C)CC1(C)C. The van der Waals surface area contributed by atoms with Crippen LogP contribution in [0.15, 0.2) is 23.3 Å². The maximum absolute atomic E-state index is 11.2. The van der Waals surface area contributed by atoms with Crippen molar-refractivity contribution in [3.05, 3.63) is 23.3 Å². The zero-order valence-electron chi connectivity index (χ0n) is 13.8. The second-order valence-electron chi connectivity index (χ2n) is 6.68. The van der Waals surface area contributed by atoms with Crippen LogP contribution in [0.3, 0.4) is 0 Å². The molecule has 0 saturated heterocycles. The second kappa shape index (κ2) is 7.66. The van der Waals surface area contributed by atoms with Crippen LogP contribution in [0, 0.1) is 11.3 Å². The number of carbonyl (C=O) groups is 1. The number of ether oxygens (including phenoxy) is 1. The van der Waals surface area contributed by atoms with Crippen molar-refractivity contribution in [1.82, 2.24) is 0 Å². The quantitative estimate of drug-likeness (QED) is 0.502. The van der Waals surface area contributed by atoms with Crippen molar-refractivity contribution in [2.45, 2.75) is 66.7 Å². The normalized spacial score (nSPS) is 22.4. The van der Waals surface area contributed by atoms with E-state index in [-0.39, 0.29) is 5.97 Å². The predicted octanol–water partition coefficient (Wildman–Crippen LogP) is 5.05. The van der Waals surface area contributed by atoms with Gasteiger partial charge in [-0.15, -0.1) is 0 Å². The Morgan fingerprint density at radius 1 is 1.40 bits per heavy atom. The third kappa shape index (κ3) is 5.15. The van der Waals surface area contributed by atoms with Crippen LogP contribution >= 0.6 is 0 Å². The maximum Gasteiger partial charge on any atom is 0.309 e. The highest BCUT2D eigenvalue weighted by molar-refractivity contribution is 5.71. The summed E-state index contributed by atoms with van der Waals surface area (Å²) < 4.78 is 4.90. The van der Waals surface area contributed by atoms with Crippen LogP contribution < -0.4 is 0 Å². The zero-order chi connectivity index (χ0) is 15.2. The highest BCUT2D eigenvalue weighted by atomic mass is 16.5. The summed E-state index contributed by atoms with van der Waals surface area (Å²) in [5, 5.41) is 0. The largest absolute Gasteiger partial charge is 0.466 e. The molecule has 0 radical (unpaired) electrons. The van der Waals surface area contributed by atoms with Crippen molar-refractivity contribution < 1.29 is 9.53 Å². The lowest BCUT2D eigenvalue weighted by molar-refractivity contribution is -0.142. The van der Waals surface area contributed by atoms with Crippen LogP contribution in [-0.4, -0.2) is 12.6 Å². The van der Waals surface area contributed by atoms with Gasteiger partial charge in [-0.05, 0) is 50.9 Å². The molecule has 0 aromatic rings. The second-order valence-corrected chi connectivity index (χ2v) is 6.68. The number of carbonyl (C=O) groups excluding carboxylic acids is 1. The van der Waals surface area contributed by atoms with Crippen LogP contribution in [0.25, 0.3) is 0 Å². The van der Waals surface area contributed by atoms with E-state index in [1.807, 2.05) is 13.0 Å². The molecule has 20 heavy (non-hydrogen) atoms. The van der Waals surface area contributed by atoms with Crippen LogP contribution in [0.5, 0.6) is 0 Å². The van der Waals surface area contributed by atoms with Crippen LogP contribution in [0.2, 0.25) is 0 Å². The average Bonchev–Trinajstić information content (AvgIpc) is 2.30. The number of allylic oxidation sites excluding steroid dienone is 3. The Morgan fingerprint density at radius 2 is 2.10 bits per heavy atom. The fourth-order valence-electron chi connectivity index (χ4n) is 3.59. The summed E-state index contributed by atoms with van der Waals surface area (Å²) in [5.41, 5.74) is 3.53. The molecule has 114 valence electrons. The van der Waals surface area contributed by atoms with Crippen molar-refractivity contribution >= 4 is 5.97 Å². The molecule has 2 nitrogen and oxygen atoms in total. The van der Waals surface area contributed by atoms with E-state index in [2.05, 4.69) is 33.8 Å². The number of hydrogen-bond donors (Lipinski definition) is 0. The molecule has 1 rings (SSSR count). The van der Waals surface area contributed by atoms with Crippen LogP contribution in [0.4, 0.5) is 0 Å². The fraction of sp³-hybridized carbons (Fsp3) is 0.722. The molecule has 0 saturated carbocycles.